The van der Waals surface area contributed by atoms with Crippen LogP contribution in [0.2, 0.25) is 0 Å². The summed E-state index contributed by atoms with van der Waals surface area (Å²) in [6.07, 6.45) is 0. The maximum absolute atomic E-state index is 12.2. The lowest BCUT2D eigenvalue weighted by Crippen LogP contribution is -2.59. The molecule has 0 radical (unpaired) electrons. The number of carbonyl (C=O) groups excluding carboxylic acids is 3. The Morgan fingerprint density at radius 3 is 2.86 bits per heavy atom. The molecule has 1 fully saturated rings. The number of thioether (sulfide) groups is 1. The van der Waals surface area contributed by atoms with Crippen LogP contribution in [0.3, 0.4) is 0 Å². The van der Waals surface area contributed by atoms with Crippen LogP contribution in [-0.4, -0.2) is 41.0 Å². The number of carbonyl (C=O) groups is 3. The summed E-state index contributed by atoms with van der Waals surface area (Å²) in [6, 6.07) is 5.23. The first-order chi connectivity index (χ1) is 9.88. The van der Waals surface area contributed by atoms with Crippen molar-refractivity contribution in [3.63, 3.8) is 0 Å². The van der Waals surface area contributed by atoms with Crippen LogP contribution in [0.4, 0.5) is 0 Å². The second kappa shape index (κ2) is 6.62. The van der Waals surface area contributed by atoms with E-state index in [1.807, 2.05) is 25.1 Å². The third-order valence-corrected chi connectivity index (χ3v) is 4.89. The lowest BCUT2D eigenvalue weighted by Gasteiger charge is -2.31. The summed E-state index contributed by atoms with van der Waals surface area (Å²) >= 11 is 4.80. The maximum atomic E-state index is 12.2. The predicted octanol–water partition coefficient (Wildman–Crippen LogP) is 1.72. The fourth-order valence-electron chi connectivity index (χ4n) is 2.02. The first-order valence-corrected chi connectivity index (χ1v) is 8.18. The average Bonchev–Trinajstić information content (AvgIpc) is 2.41. The van der Waals surface area contributed by atoms with Crippen molar-refractivity contribution in [1.82, 2.24) is 10.2 Å². The molecule has 5 nitrogen and oxygen atoms in total. The molecule has 1 N–H and O–H groups in total. The van der Waals surface area contributed by atoms with Crippen LogP contribution < -0.4 is 5.32 Å². The van der Waals surface area contributed by atoms with Gasteiger partial charge < -0.3 is 4.90 Å². The van der Waals surface area contributed by atoms with Crippen molar-refractivity contribution >= 4 is 45.4 Å². The van der Waals surface area contributed by atoms with Gasteiger partial charge in [-0.05, 0) is 37.6 Å². The summed E-state index contributed by atoms with van der Waals surface area (Å²) in [7, 11) is 0. The fraction of sp³-hybridized carbons (Fsp3) is 0.357. The van der Waals surface area contributed by atoms with E-state index in [2.05, 4.69) is 21.2 Å². The number of hydrogen-bond acceptors (Lipinski definition) is 4. The number of piperazine rings is 1. The first-order valence-electron chi connectivity index (χ1n) is 6.40. The molecule has 1 atom stereocenters. The summed E-state index contributed by atoms with van der Waals surface area (Å²) in [4.78, 5) is 37.5. The summed E-state index contributed by atoms with van der Waals surface area (Å²) in [5, 5.41) is 2.22. The van der Waals surface area contributed by atoms with Crippen LogP contribution in [0.15, 0.2) is 27.6 Å². The van der Waals surface area contributed by atoms with Crippen molar-refractivity contribution in [3.8, 4) is 0 Å². The molecule has 7 heteroatoms. The van der Waals surface area contributed by atoms with Gasteiger partial charge in [0.05, 0.1) is 5.75 Å². The van der Waals surface area contributed by atoms with Crippen LogP contribution >= 0.6 is 27.7 Å². The van der Waals surface area contributed by atoms with Crippen LogP contribution in [0.25, 0.3) is 0 Å². The maximum Gasteiger partial charge on any atom is 0.249 e. The number of aryl methyl sites for hydroxylation is 1. The monoisotopic (exact) mass is 370 g/mol. The number of nitrogens with zero attached hydrogens (tertiary/aromatic N) is 1. The number of nitrogens with one attached hydrogen (secondary N) is 1. The van der Waals surface area contributed by atoms with Crippen molar-refractivity contribution < 1.29 is 14.4 Å². The Balaban J connectivity index is 2.01. The van der Waals surface area contributed by atoms with Crippen molar-refractivity contribution in [2.75, 3.05) is 12.3 Å². The molecule has 1 aliphatic rings. The Morgan fingerprint density at radius 2 is 2.19 bits per heavy atom. The molecule has 1 aliphatic heterocycles. The van der Waals surface area contributed by atoms with Gasteiger partial charge in [-0.15, -0.1) is 11.8 Å². The van der Waals surface area contributed by atoms with Crippen molar-refractivity contribution in [3.05, 3.63) is 28.2 Å². The van der Waals surface area contributed by atoms with Gasteiger partial charge >= 0.3 is 0 Å². The lowest BCUT2D eigenvalue weighted by molar-refractivity contribution is -0.148. The van der Waals surface area contributed by atoms with Gasteiger partial charge in [-0.2, -0.15) is 0 Å². The van der Waals surface area contributed by atoms with Gasteiger partial charge in [0, 0.05) is 9.37 Å². The molecule has 1 aromatic carbocycles. The van der Waals surface area contributed by atoms with E-state index in [0.29, 0.717) is 0 Å². The quantitative estimate of drug-likeness (QED) is 0.649. The van der Waals surface area contributed by atoms with Crippen molar-refractivity contribution in [1.29, 1.82) is 0 Å². The van der Waals surface area contributed by atoms with Gasteiger partial charge in [-0.25, -0.2) is 0 Å². The van der Waals surface area contributed by atoms with Gasteiger partial charge in [-0.1, -0.05) is 15.9 Å². The van der Waals surface area contributed by atoms with Crippen molar-refractivity contribution in [2.45, 2.75) is 24.8 Å². The molecule has 0 spiro atoms. The van der Waals surface area contributed by atoms with Gasteiger partial charge in [0.2, 0.25) is 17.7 Å². The van der Waals surface area contributed by atoms with E-state index in [4.69, 9.17) is 0 Å². The number of hydrogen-bond donors (Lipinski definition) is 1. The molecule has 0 aromatic heterocycles. The van der Waals surface area contributed by atoms with E-state index in [-0.39, 0.29) is 18.2 Å². The molecule has 0 aliphatic carbocycles. The molecule has 1 heterocycles. The Labute approximate surface area is 135 Å². The number of halogens is 1. The number of benzene rings is 1. The molecule has 0 saturated carbocycles. The van der Waals surface area contributed by atoms with E-state index in [0.717, 1.165) is 14.9 Å². The molecule has 2 rings (SSSR count). The average molecular weight is 371 g/mol. The normalized spacial score (nSPS) is 18.6. The molecule has 1 unspecified atom stereocenters. The summed E-state index contributed by atoms with van der Waals surface area (Å²) < 4.78 is 0.989. The molecule has 3 amide bonds. The van der Waals surface area contributed by atoms with Crippen LogP contribution in [0.5, 0.6) is 0 Å². The summed E-state index contributed by atoms with van der Waals surface area (Å²) in [6.45, 7) is 3.53. The third kappa shape index (κ3) is 3.85. The minimum absolute atomic E-state index is 0.0639. The second-order valence-corrected chi connectivity index (χ2v) is 6.74. The lowest BCUT2D eigenvalue weighted by atomic mass is 10.2. The smallest absolute Gasteiger partial charge is 0.249 e. The zero-order chi connectivity index (χ0) is 15.6. The Morgan fingerprint density at radius 1 is 1.48 bits per heavy atom. The third-order valence-electron chi connectivity index (χ3n) is 3.23. The SMILES string of the molecule is Cc1cc(Br)ccc1SCC(=O)N1CC(=O)NC(=O)C1C. The van der Waals surface area contributed by atoms with Gasteiger partial charge in [-0.3, -0.25) is 19.7 Å². The molecular weight excluding hydrogens is 356 g/mol. The highest BCUT2D eigenvalue weighted by Crippen LogP contribution is 2.25. The minimum atomic E-state index is -0.609. The Hall–Kier alpha value is -1.34. The van der Waals surface area contributed by atoms with E-state index < -0.39 is 17.9 Å². The highest BCUT2D eigenvalue weighted by atomic mass is 79.9. The second-order valence-electron chi connectivity index (χ2n) is 4.81. The van der Waals surface area contributed by atoms with Gasteiger partial charge in [0.15, 0.2) is 0 Å². The standard InChI is InChI=1S/C14H15BrN2O3S/c1-8-5-10(15)3-4-11(8)21-7-13(19)17-6-12(18)16-14(20)9(17)2/h3-5,9H,6-7H2,1-2H3,(H,16,18,20). The topological polar surface area (TPSA) is 66.5 Å². The summed E-state index contributed by atoms with van der Waals surface area (Å²) in [5.41, 5.74) is 1.07. The minimum Gasteiger partial charge on any atom is -0.321 e. The highest BCUT2D eigenvalue weighted by Gasteiger charge is 2.33. The zero-order valence-electron chi connectivity index (χ0n) is 11.7. The van der Waals surface area contributed by atoms with Crippen molar-refractivity contribution in [2.24, 2.45) is 0 Å². The Bertz CT molecular complexity index is 606. The van der Waals surface area contributed by atoms with Crippen LogP contribution in [-0.2, 0) is 14.4 Å². The van der Waals surface area contributed by atoms with Gasteiger partial charge in [0.25, 0.3) is 0 Å². The zero-order valence-corrected chi connectivity index (χ0v) is 14.1. The molecule has 112 valence electrons. The molecular formula is C14H15BrN2O3S. The largest absolute Gasteiger partial charge is 0.321 e. The van der Waals surface area contributed by atoms with E-state index in [1.165, 1.54) is 16.7 Å². The molecule has 1 aromatic rings. The highest BCUT2D eigenvalue weighted by molar-refractivity contribution is 9.10. The molecule has 0 bridgehead atoms. The van der Waals surface area contributed by atoms with Crippen LogP contribution in [0, 0.1) is 6.92 Å². The van der Waals surface area contributed by atoms with Gasteiger partial charge in [0.1, 0.15) is 12.6 Å². The number of imide groups is 1. The molecule has 1 saturated heterocycles. The molecule has 21 heavy (non-hydrogen) atoms. The number of amides is 3. The Kier molecular flexibility index (Phi) is 5.05. The fourth-order valence-corrected chi connectivity index (χ4v) is 3.39. The van der Waals surface area contributed by atoms with Crippen LogP contribution in [0.1, 0.15) is 12.5 Å². The van der Waals surface area contributed by atoms with E-state index in [1.54, 1.807) is 6.92 Å². The summed E-state index contributed by atoms with van der Waals surface area (Å²) in [5.74, 6) is -0.869. The van der Waals surface area contributed by atoms with E-state index >= 15 is 0 Å². The van der Waals surface area contributed by atoms with E-state index in [9.17, 15) is 14.4 Å². The first kappa shape index (κ1) is 16.0. The predicted molar refractivity (Wildman–Crippen MR) is 83.9 cm³/mol. The number of rotatable bonds is 3.